The number of fused-ring (bicyclic) bond motifs is 1. The number of carbonyl (C=O) groups is 1. The molecule has 0 bridgehead atoms. The van der Waals surface area contributed by atoms with E-state index in [9.17, 15) is 9.59 Å². The number of hydrogen-bond donors (Lipinski definition) is 1. The molecule has 2 heterocycles. The number of anilines is 1. The molecular weight excluding hydrogens is 384 g/mol. The van der Waals surface area contributed by atoms with Gasteiger partial charge in [0, 0.05) is 18.4 Å². The molecule has 3 rings (SSSR count). The summed E-state index contributed by atoms with van der Waals surface area (Å²) in [6.45, 7) is 10.6. The summed E-state index contributed by atoms with van der Waals surface area (Å²) in [5.74, 6) is 0.307. The second-order valence-electron chi connectivity index (χ2n) is 7.69. The highest BCUT2D eigenvalue weighted by atomic mass is 32.2. The first-order chi connectivity index (χ1) is 13.8. The van der Waals surface area contributed by atoms with E-state index in [-0.39, 0.29) is 23.1 Å². The van der Waals surface area contributed by atoms with Crippen LogP contribution in [0.1, 0.15) is 30.5 Å². The lowest BCUT2D eigenvalue weighted by atomic mass is 10.1. The van der Waals surface area contributed by atoms with Gasteiger partial charge in [-0.25, -0.2) is 9.97 Å². The first-order valence-corrected chi connectivity index (χ1v) is 10.6. The molecule has 1 N–H and O–H groups in total. The third-order valence-corrected chi connectivity index (χ3v) is 5.49. The fourth-order valence-electron chi connectivity index (χ4n) is 3.36. The largest absolute Gasteiger partial charge is 0.325 e. The van der Waals surface area contributed by atoms with Gasteiger partial charge in [-0.3, -0.25) is 14.2 Å². The Morgan fingerprint density at radius 2 is 1.90 bits per heavy atom. The van der Waals surface area contributed by atoms with Crippen LogP contribution in [0.2, 0.25) is 0 Å². The summed E-state index contributed by atoms with van der Waals surface area (Å²) in [4.78, 5) is 34.3. The molecule has 0 spiro atoms. The number of benzene rings is 1. The van der Waals surface area contributed by atoms with Gasteiger partial charge >= 0.3 is 0 Å². The monoisotopic (exact) mass is 410 g/mol. The van der Waals surface area contributed by atoms with Gasteiger partial charge in [0.25, 0.3) is 5.56 Å². The number of amides is 1. The Morgan fingerprint density at radius 1 is 1.21 bits per heavy atom. The van der Waals surface area contributed by atoms with Crippen LogP contribution in [0.5, 0.6) is 0 Å². The van der Waals surface area contributed by atoms with Crippen molar-refractivity contribution in [1.82, 2.24) is 14.5 Å². The maximum Gasteiger partial charge on any atom is 0.263 e. The van der Waals surface area contributed by atoms with Crippen molar-refractivity contribution in [3.63, 3.8) is 0 Å². The number of rotatable bonds is 6. The molecule has 3 aromatic rings. The van der Waals surface area contributed by atoms with Gasteiger partial charge in [-0.1, -0.05) is 43.3 Å². The Morgan fingerprint density at radius 3 is 2.55 bits per heavy atom. The summed E-state index contributed by atoms with van der Waals surface area (Å²) in [6.07, 6.45) is 1.62. The SMILES string of the molecule is Cc1cc(C)c(NC(=O)CSc2nc3ncccc3c(=O)n2CC(C)C)c(C)c1. The van der Waals surface area contributed by atoms with Crippen LogP contribution in [0, 0.1) is 26.7 Å². The Kier molecular flexibility index (Phi) is 6.37. The molecule has 2 aromatic heterocycles. The molecule has 0 saturated carbocycles. The summed E-state index contributed by atoms with van der Waals surface area (Å²) in [6, 6.07) is 7.56. The number of hydrogen-bond acceptors (Lipinski definition) is 5. The lowest BCUT2D eigenvalue weighted by Crippen LogP contribution is -2.26. The molecule has 0 unspecified atom stereocenters. The molecular formula is C22H26N4O2S. The summed E-state index contributed by atoms with van der Waals surface area (Å²) < 4.78 is 1.65. The summed E-state index contributed by atoms with van der Waals surface area (Å²) in [5.41, 5.74) is 4.36. The summed E-state index contributed by atoms with van der Waals surface area (Å²) in [5, 5.41) is 4.01. The summed E-state index contributed by atoms with van der Waals surface area (Å²) >= 11 is 1.26. The predicted octanol–water partition coefficient (Wildman–Crippen LogP) is 4.10. The zero-order valence-electron chi connectivity index (χ0n) is 17.4. The van der Waals surface area contributed by atoms with Crippen molar-refractivity contribution in [2.75, 3.05) is 11.1 Å². The molecule has 1 amide bonds. The Balaban J connectivity index is 1.84. The highest BCUT2D eigenvalue weighted by molar-refractivity contribution is 7.99. The van der Waals surface area contributed by atoms with Crippen molar-refractivity contribution < 1.29 is 4.79 Å². The highest BCUT2D eigenvalue weighted by Gasteiger charge is 2.15. The van der Waals surface area contributed by atoms with Crippen LogP contribution in [0.3, 0.4) is 0 Å². The molecule has 0 saturated heterocycles. The number of aryl methyl sites for hydroxylation is 3. The maximum atomic E-state index is 12.9. The highest BCUT2D eigenvalue weighted by Crippen LogP contribution is 2.23. The number of aromatic nitrogens is 3. The Hall–Kier alpha value is -2.67. The molecule has 0 radical (unpaired) electrons. The van der Waals surface area contributed by atoms with E-state index in [1.54, 1.807) is 22.9 Å². The van der Waals surface area contributed by atoms with Crippen molar-refractivity contribution in [2.24, 2.45) is 5.92 Å². The van der Waals surface area contributed by atoms with Crippen molar-refractivity contribution in [2.45, 2.75) is 46.3 Å². The van der Waals surface area contributed by atoms with Crippen LogP contribution in [-0.2, 0) is 11.3 Å². The van der Waals surface area contributed by atoms with Crippen LogP contribution < -0.4 is 10.9 Å². The minimum absolute atomic E-state index is 0.120. The van der Waals surface area contributed by atoms with Gasteiger partial charge in [0.15, 0.2) is 10.8 Å². The van der Waals surface area contributed by atoms with E-state index in [4.69, 9.17) is 0 Å². The van der Waals surface area contributed by atoms with Gasteiger partial charge in [0.1, 0.15) is 0 Å². The van der Waals surface area contributed by atoms with Gasteiger partial charge in [-0.15, -0.1) is 0 Å². The van der Waals surface area contributed by atoms with Crippen LogP contribution in [0.25, 0.3) is 11.0 Å². The number of pyridine rings is 1. The average molecular weight is 411 g/mol. The van der Waals surface area contributed by atoms with Crippen LogP contribution in [0.15, 0.2) is 40.4 Å². The van der Waals surface area contributed by atoms with E-state index in [0.29, 0.717) is 22.7 Å². The second-order valence-corrected chi connectivity index (χ2v) is 8.63. The molecule has 29 heavy (non-hydrogen) atoms. The molecule has 6 nitrogen and oxygen atoms in total. The Labute approximate surface area is 174 Å². The van der Waals surface area contributed by atoms with Crippen molar-refractivity contribution >= 4 is 34.4 Å². The zero-order chi connectivity index (χ0) is 21.1. The topological polar surface area (TPSA) is 76.9 Å². The first-order valence-electron chi connectivity index (χ1n) is 9.62. The Bertz CT molecular complexity index is 1100. The van der Waals surface area contributed by atoms with E-state index in [1.807, 2.05) is 46.8 Å². The molecule has 0 aliphatic heterocycles. The fraction of sp³-hybridized carbons (Fsp3) is 0.364. The molecule has 0 fully saturated rings. The van der Waals surface area contributed by atoms with E-state index >= 15 is 0 Å². The standard InChI is InChI=1S/C22H26N4O2S/c1-13(2)11-26-21(28)17-7-6-8-23-20(17)25-22(26)29-12-18(27)24-19-15(4)9-14(3)10-16(19)5/h6-10,13H,11-12H2,1-5H3,(H,24,27). The smallest absolute Gasteiger partial charge is 0.263 e. The maximum absolute atomic E-state index is 12.9. The van der Waals surface area contributed by atoms with Gasteiger partial charge in [-0.05, 0) is 49.9 Å². The number of nitrogens with one attached hydrogen (secondary N) is 1. The molecule has 7 heteroatoms. The third kappa shape index (κ3) is 4.85. The normalized spacial score (nSPS) is 11.2. The predicted molar refractivity (Wildman–Crippen MR) is 119 cm³/mol. The lowest BCUT2D eigenvalue weighted by Gasteiger charge is -2.15. The van der Waals surface area contributed by atoms with Gasteiger partial charge in [0.2, 0.25) is 5.91 Å². The van der Waals surface area contributed by atoms with Crippen molar-refractivity contribution in [3.05, 3.63) is 57.5 Å². The number of carbonyl (C=O) groups excluding carboxylic acids is 1. The quantitative estimate of drug-likeness (QED) is 0.489. The number of thioether (sulfide) groups is 1. The van der Waals surface area contributed by atoms with Crippen LogP contribution >= 0.6 is 11.8 Å². The minimum atomic E-state index is -0.128. The van der Waals surface area contributed by atoms with Crippen LogP contribution in [-0.4, -0.2) is 26.2 Å². The molecule has 0 aliphatic rings. The van der Waals surface area contributed by atoms with Gasteiger partial charge in [-0.2, -0.15) is 0 Å². The molecule has 0 atom stereocenters. The molecule has 0 aliphatic carbocycles. The van der Waals surface area contributed by atoms with Gasteiger partial charge in [0.05, 0.1) is 11.1 Å². The second kappa shape index (κ2) is 8.78. The minimum Gasteiger partial charge on any atom is -0.325 e. The van der Waals surface area contributed by atoms with Crippen molar-refractivity contribution in [1.29, 1.82) is 0 Å². The summed E-state index contributed by atoms with van der Waals surface area (Å²) in [7, 11) is 0. The first kappa shape index (κ1) is 21.0. The zero-order valence-corrected chi connectivity index (χ0v) is 18.3. The number of nitrogens with zero attached hydrogens (tertiary/aromatic N) is 3. The van der Waals surface area contributed by atoms with E-state index < -0.39 is 0 Å². The fourth-order valence-corrected chi connectivity index (χ4v) is 4.15. The van der Waals surface area contributed by atoms with E-state index in [2.05, 4.69) is 15.3 Å². The van der Waals surface area contributed by atoms with E-state index in [0.717, 1.165) is 22.4 Å². The lowest BCUT2D eigenvalue weighted by molar-refractivity contribution is -0.113. The van der Waals surface area contributed by atoms with Crippen molar-refractivity contribution in [3.8, 4) is 0 Å². The molecule has 152 valence electrons. The molecule has 1 aromatic carbocycles. The van der Waals surface area contributed by atoms with Gasteiger partial charge < -0.3 is 5.32 Å². The van der Waals surface area contributed by atoms with Crippen LogP contribution in [0.4, 0.5) is 5.69 Å². The average Bonchev–Trinajstić information content (AvgIpc) is 2.65. The van der Waals surface area contributed by atoms with E-state index in [1.165, 1.54) is 11.8 Å². The third-order valence-electron chi connectivity index (χ3n) is 4.52.